The van der Waals surface area contributed by atoms with Crippen LogP contribution in [0.25, 0.3) is 0 Å². The first-order valence-corrected chi connectivity index (χ1v) is 9.98. The van der Waals surface area contributed by atoms with Crippen molar-refractivity contribution in [2.24, 2.45) is 11.1 Å². The van der Waals surface area contributed by atoms with E-state index < -0.39 is 0 Å². The lowest BCUT2D eigenvalue weighted by atomic mass is 9.71. The van der Waals surface area contributed by atoms with Gasteiger partial charge in [0, 0.05) is 13.0 Å². The average molecular weight is 344 g/mol. The van der Waals surface area contributed by atoms with E-state index in [0.717, 1.165) is 32.5 Å². The molecule has 1 amide bonds. The molecule has 0 aromatic heterocycles. The molecule has 0 bridgehead atoms. The summed E-state index contributed by atoms with van der Waals surface area (Å²) >= 11 is 0. The Morgan fingerprint density at radius 2 is 1.76 bits per heavy atom. The van der Waals surface area contributed by atoms with Crippen molar-refractivity contribution in [1.82, 2.24) is 10.2 Å². The Morgan fingerprint density at radius 3 is 2.40 bits per heavy atom. The first-order valence-electron chi connectivity index (χ1n) is 9.98. The van der Waals surface area contributed by atoms with Crippen molar-refractivity contribution in [2.45, 2.75) is 57.4 Å². The van der Waals surface area contributed by atoms with Crippen molar-refractivity contribution in [1.29, 1.82) is 0 Å². The molecule has 2 aliphatic rings. The number of hydrogen-bond acceptors (Lipinski definition) is 3. The molecule has 4 nitrogen and oxygen atoms in total. The fourth-order valence-electron chi connectivity index (χ4n) is 4.48. The van der Waals surface area contributed by atoms with Crippen molar-refractivity contribution in [3.63, 3.8) is 0 Å². The molecule has 1 heterocycles. The van der Waals surface area contributed by atoms with Crippen LogP contribution in [0, 0.1) is 5.41 Å². The van der Waals surface area contributed by atoms with Gasteiger partial charge in [-0.15, -0.1) is 0 Å². The molecule has 1 saturated carbocycles. The van der Waals surface area contributed by atoms with Crippen molar-refractivity contribution < 1.29 is 4.79 Å². The summed E-state index contributed by atoms with van der Waals surface area (Å²) in [4.78, 5) is 15.3. The van der Waals surface area contributed by atoms with E-state index in [-0.39, 0.29) is 17.4 Å². The molecular weight excluding hydrogens is 310 g/mol. The predicted molar refractivity (Wildman–Crippen MR) is 102 cm³/mol. The van der Waals surface area contributed by atoms with Gasteiger partial charge in [-0.2, -0.15) is 0 Å². The van der Waals surface area contributed by atoms with E-state index in [9.17, 15) is 4.79 Å². The van der Waals surface area contributed by atoms with Gasteiger partial charge in [0.2, 0.25) is 5.91 Å². The van der Waals surface area contributed by atoms with Gasteiger partial charge in [-0.25, -0.2) is 0 Å². The Hall–Kier alpha value is -1.39. The van der Waals surface area contributed by atoms with Crippen LogP contribution in [0.2, 0.25) is 0 Å². The van der Waals surface area contributed by atoms with E-state index >= 15 is 0 Å². The molecule has 0 radical (unpaired) electrons. The number of nitrogens with one attached hydrogen (secondary N) is 1. The molecule has 1 aliphatic heterocycles. The fraction of sp³-hybridized carbons (Fsp3) is 0.667. The highest BCUT2D eigenvalue weighted by molar-refractivity contribution is 5.77. The SMILES string of the molecule is NCC1(CC(=O)NC(CN2CCCC2)c2ccccc2)CCCCC1. The summed E-state index contributed by atoms with van der Waals surface area (Å²) < 4.78 is 0. The molecule has 25 heavy (non-hydrogen) atoms. The van der Waals surface area contributed by atoms with Gasteiger partial charge in [0.05, 0.1) is 6.04 Å². The second kappa shape index (κ2) is 8.81. The van der Waals surface area contributed by atoms with Crippen LogP contribution < -0.4 is 11.1 Å². The average Bonchev–Trinajstić information content (AvgIpc) is 3.16. The number of benzene rings is 1. The second-order valence-corrected chi connectivity index (χ2v) is 7.98. The van der Waals surface area contributed by atoms with Crippen LogP contribution >= 0.6 is 0 Å². The number of amides is 1. The zero-order chi connectivity index (χ0) is 17.5. The number of nitrogens with two attached hydrogens (primary N) is 1. The summed E-state index contributed by atoms with van der Waals surface area (Å²) in [6.07, 6.45) is 9.01. The Labute approximate surface area is 152 Å². The van der Waals surface area contributed by atoms with Crippen LogP contribution in [0.15, 0.2) is 30.3 Å². The smallest absolute Gasteiger partial charge is 0.221 e. The van der Waals surface area contributed by atoms with Gasteiger partial charge in [0.1, 0.15) is 0 Å². The minimum Gasteiger partial charge on any atom is -0.348 e. The molecule has 138 valence electrons. The first kappa shape index (κ1) is 18.4. The largest absolute Gasteiger partial charge is 0.348 e. The molecule has 1 unspecified atom stereocenters. The third-order valence-corrected chi connectivity index (χ3v) is 6.06. The van der Waals surface area contributed by atoms with Gasteiger partial charge in [-0.1, -0.05) is 49.6 Å². The van der Waals surface area contributed by atoms with Crippen LogP contribution in [0.4, 0.5) is 0 Å². The van der Waals surface area contributed by atoms with Gasteiger partial charge < -0.3 is 16.0 Å². The lowest BCUT2D eigenvalue weighted by Crippen LogP contribution is -2.42. The fourth-order valence-corrected chi connectivity index (χ4v) is 4.48. The van der Waals surface area contributed by atoms with Gasteiger partial charge in [-0.05, 0) is 56.3 Å². The number of nitrogens with zero attached hydrogens (tertiary/aromatic N) is 1. The van der Waals surface area contributed by atoms with E-state index in [1.807, 2.05) is 6.07 Å². The topological polar surface area (TPSA) is 58.4 Å². The minimum absolute atomic E-state index is 0.0250. The third kappa shape index (κ3) is 5.05. The van der Waals surface area contributed by atoms with Crippen LogP contribution in [-0.4, -0.2) is 37.0 Å². The molecule has 1 aromatic rings. The van der Waals surface area contributed by atoms with Crippen LogP contribution in [0.1, 0.15) is 63.0 Å². The van der Waals surface area contributed by atoms with E-state index in [4.69, 9.17) is 5.73 Å². The summed E-state index contributed by atoms with van der Waals surface area (Å²) in [7, 11) is 0. The monoisotopic (exact) mass is 343 g/mol. The van der Waals surface area contributed by atoms with Crippen molar-refractivity contribution >= 4 is 5.91 Å². The molecule has 1 aromatic carbocycles. The molecule has 1 atom stereocenters. The normalized spacial score (nSPS) is 21.8. The Bertz CT molecular complexity index is 533. The highest BCUT2D eigenvalue weighted by Crippen LogP contribution is 2.38. The van der Waals surface area contributed by atoms with Crippen molar-refractivity contribution in [2.75, 3.05) is 26.2 Å². The number of carbonyl (C=O) groups excluding carboxylic acids is 1. The molecule has 4 heteroatoms. The summed E-state index contributed by atoms with van der Waals surface area (Å²) in [5.41, 5.74) is 7.30. The number of hydrogen-bond donors (Lipinski definition) is 2. The van der Waals surface area contributed by atoms with E-state index in [0.29, 0.717) is 13.0 Å². The van der Waals surface area contributed by atoms with E-state index in [2.05, 4.69) is 34.5 Å². The molecule has 3 N–H and O–H groups in total. The zero-order valence-corrected chi connectivity index (χ0v) is 15.4. The van der Waals surface area contributed by atoms with Crippen LogP contribution in [0.5, 0.6) is 0 Å². The van der Waals surface area contributed by atoms with Gasteiger partial charge >= 0.3 is 0 Å². The Balaban J connectivity index is 1.65. The number of rotatable bonds is 7. The van der Waals surface area contributed by atoms with Crippen LogP contribution in [-0.2, 0) is 4.79 Å². The molecule has 2 fully saturated rings. The van der Waals surface area contributed by atoms with E-state index in [1.165, 1.54) is 37.7 Å². The standard InChI is InChI=1S/C21H33N3O/c22-17-21(11-5-2-6-12-21)15-20(25)23-19(16-24-13-7-8-14-24)18-9-3-1-4-10-18/h1,3-4,9-10,19H,2,5-8,11-17,22H2,(H,23,25). The van der Waals surface area contributed by atoms with Crippen LogP contribution in [0.3, 0.4) is 0 Å². The first-order chi connectivity index (χ1) is 12.2. The minimum atomic E-state index is 0.0250. The number of likely N-dealkylation sites (tertiary alicyclic amines) is 1. The number of carbonyl (C=O) groups is 1. The highest BCUT2D eigenvalue weighted by atomic mass is 16.1. The Kier molecular flexibility index (Phi) is 6.49. The molecule has 1 saturated heterocycles. The molecule has 0 spiro atoms. The Morgan fingerprint density at radius 1 is 1.08 bits per heavy atom. The lowest BCUT2D eigenvalue weighted by Gasteiger charge is -2.36. The summed E-state index contributed by atoms with van der Waals surface area (Å²) in [6.45, 7) is 3.83. The summed E-state index contributed by atoms with van der Waals surface area (Å²) in [5, 5.41) is 3.33. The maximum Gasteiger partial charge on any atom is 0.221 e. The van der Waals surface area contributed by atoms with Crippen molar-refractivity contribution in [3.05, 3.63) is 35.9 Å². The lowest BCUT2D eigenvalue weighted by molar-refractivity contribution is -0.124. The molecule has 1 aliphatic carbocycles. The summed E-state index contributed by atoms with van der Waals surface area (Å²) in [5.74, 6) is 0.167. The maximum absolute atomic E-state index is 12.8. The van der Waals surface area contributed by atoms with Gasteiger partial charge in [0.15, 0.2) is 0 Å². The molecular formula is C21H33N3O. The highest BCUT2D eigenvalue weighted by Gasteiger charge is 2.33. The van der Waals surface area contributed by atoms with Crippen molar-refractivity contribution in [3.8, 4) is 0 Å². The van der Waals surface area contributed by atoms with E-state index in [1.54, 1.807) is 0 Å². The maximum atomic E-state index is 12.8. The van der Waals surface area contributed by atoms with Gasteiger partial charge in [-0.3, -0.25) is 4.79 Å². The summed E-state index contributed by atoms with van der Waals surface area (Å²) in [6, 6.07) is 10.5. The third-order valence-electron chi connectivity index (χ3n) is 6.06. The second-order valence-electron chi connectivity index (χ2n) is 7.98. The van der Waals surface area contributed by atoms with Gasteiger partial charge in [0.25, 0.3) is 0 Å². The zero-order valence-electron chi connectivity index (χ0n) is 15.4. The quantitative estimate of drug-likeness (QED) is 0.799. The predicted octanol–water partition coefficient (Wildman–Crippen LogP) is 3.24. The molecule has 3 rings (SSSR count).